The van der Waals surface area contributed by atoms with Crippen molar-refractivity contribution in [3.05, 3.63) is 122 Å². The maximum absolute atomic E-state index is 12.8. The first kappa shape index (κ1) is 62.8. The average molecular weight is 927 g/mol. The first-order valence-corrected chi connectivity index (χ1v) is 27.0. The highest BCUT2D eigenvalue weighted by molar-refractivity contribution is 5.71. The molecule has 0 unspecified atom stereocenters. The molecule has 1 atom stereocenters. The molecule has 6 heteroatoms. The van der Waals surface area contributed by atoms with Crippen molar-refractivity contribution in [2.24, 2.45) is 0 Å². The monoisotopic (exact) mass is 927 g/mol. The van der Waals surface area contributed by atoms with E-state index in [0.29, 0.717) is 19.3 Å². The van der Waals surface area contributed by atoms with E-state index in [1.54, 1.807) is 0 Å². The lowest BCUT2D eigenvalue weighted by Crippen LogP contribution is -2.30. The van der Waals surface area contributed by atoms with Gasteiger partial charge in [-0.1, -0.05) is 206 Å². The zero-order valence-corrected chi connectivity index (χ0v) is 43.1. The van der Waals surface area contributed by atoms with Crippen molar-refractivity contribution in [3.63, 3.8) is 0 Å². The molecule has 0 aromatic carbocycles. The highest BCUT2D eigenvalue weighted by Crippen LogP contribution is 2.12. The molecule has 0 rings (SSSR count). The summed E-state index contributed by atoms with van der Waals surface area (Å²) in [6.45, 7) is 6.37. The van der Waals surface area contributed by atoms with E-state index in [1.165, 1.54) is 70.6 Å². The molecule has 0 aliphatic heterocycles. The highest BCUT2D eigenvalue weighted by atomic mass is 16.6. The second-order valence-corrected chi connectivity index (χ2v) is 17.4. The second kappa shape index (κ2) is 54.4. The summed E-state index contributed by atoms with van der Waals surface area (Å²) in [5.74, 6) is -1.06. The fourth-order valence-electron chi connectivity index (χ4n) is 6.88. The van der Waals surface area contributed by atoms with Crippen LogP contribution in [0.2, 0.25) is 0 Å². The van der Waals surface area contributed by atoms with Crippen molar-refractivity contribution in [3.8, 4) is 0 Å². The Kier molecular flexibility index (Phi) is 51.0. The van der Waals surface area contributed by atoms with Gasteiger partial charge >= 0.3 is 17.9 Å². The number of carbonyl (C=O) groups is 3. The summed E-state index contributed by atoms with van der Waals surface area (Å²) in [5.41, 5.74) is 0. The van der Waals surface area contributed by atoms with Crippen LogP contribution >= 0.6 is 0 Å². The molecule has 0 saturated heterocycles. The van der Waals surface area contributed by atoms with Gasteiger partial charge in [-0.15, -0.1) is 0 Å². The first-order chi connectivity index (χ1) is 33.0. The highest BCUT2D eigenvalue weighted by Gasteiger charge is 2.19. The fraction of sp³-hybridized carbons (Fsp3) is 0.623. The van der Waals surface area contributed by atoms with Gasteiger partial charge in [0.25, 0.3) is 0 Å². The van der Waals surface area contributed by atoms with Crippen LogP contribution in [0.4, 0.5) is 0 Å². The van der Waals surface area contributed by atoms with Gasteiger partial charge in [-0.2, -0.15) is 0 Å². The minimum Gasteiger partial charge on any atom is -0.462 e. The Hall–Kier alpha value is -4.19. The number of carbonyl (C=O) groups excluding carboxylic acids is 3. The Morgan fingerprint density at radius 3 is 1.00 bits per heavy atom. The van der Waals surface area contributed by atoms with Gasteiger partial charge in [0, 0.05) is 19.3 Å². The van der Waals surface area contributed by atoms with Crippen molar-refractivity contribution >= 4 is 17.9 Å². The predicted octanol–water partition coefficient (Wildman–Crippen LogP) is 18.1. The Labute approximate surface area is 412 Å². The van der Waals surface area contributed by atoms with Gasteiger partial charge in [0.1, 0.15) is 13.2 Å². The van der Waals surface area contributed by atoms with Crippen LogP contribution in [0.25, 0.3) is 0 Å². The van der Waals surface area contributed by atoms with E-state index in [4.69, 9.17) is 14.2 Å². The van der Waals surface area contributed by atoms with Gasteiger partial charge in [-0.3, -0.25) is 14.4 Å². The smallest absolute Gasteiger partial charge is 0.306 e. The number of unbranched alkanes of at least 4 members (excludes halogenated alkanes) is 16. The predicted molar refractivity (Wildman–Crippen MR) is 288 cm³/mol. The van der Waals surface area contributed by atoms with Crippen LogP contribution in [-0.4, -0.2) is 37.2 Å². The van der Waals surface area contributed by atoms with Gasteiger partial charge in [-0.25, -0.2) is 0 Å². The molecule has 0 spiro atoms. The number of ether oxygens (including phenoxy) is 3. The van der Waals surface area contributed by atoms with E-state index in [1.807, 2.05) is 0 Å². The van der Waals surface area contributed by atoms with E-state index in [-0.39, 0.29) is 44.0 Å². The van der Waals surface area contributed by atoms with Crippen LogP contribution in [0, 0.1) is 0 Å². The summed E-state index contributed by atoms with van der Waals surface area (Å²) in [5, 5.41) is 0. The molecule has 0 aromatic heterocycles. The van der Waals surface area contributed by atoms with Crippen LogP contribution in [0.1, 0.15) is 226 Å². The zero-order valence-electron chi connectivity index (χ0n) is 43.1. The van der Waals surface area contributed by atoms with Gasteiger partial charge in [0.15, 0.2) is 6.10 Å². The third-order valence-electron chi connectivity index (χ3n) is 10.9. The maximum Gasteiger partial charge on any atom is 0.306 e. The van der Waals surface area contributed by atoms with Crippen molar-refractivity contribution < 1.29 is 28.6 Å². The Balaban J connectivity index is 4.60. The molecule has 0 fully saturated rings. The molecule has 0 aromatic rings. The summed E-state index contributed by atoms with van der Waals surface area (Å²) in [7, 11) is 0. The number of hydrogen-bond acceptors (Lipinski definition) is 6. The van der Waals surface area contributed by atoms with Gasteiger partial charge in [-0.05, 0) is 122 Å². The van der Waals surface area contributed by atoms with Gasteiger partial charge < -0.3 is 14.2 Å². The van der Waals surface area contributed by atoms with Gasteiger partial charge in [0.05, 0.1) is 0 Å². The topological polar surface area (TPSA) is 78.9 Å². The molecule has 0 heterocycles. The Bertz CT molecular complexity index is 1440. The van der Waals surface area contributed by atoms with Crippen molar-refractivity contribution in [1.29, 1.82) is 0 Å². The largest absolute Gasteiger partial charge is 0.462 e. The van der Waals surface area contributed by atoms with E-state index in [9.17, 15) is 14.4 Å². The molecule has 378 valence electrons. The average Bonchev–Trinajstić information content (AvgIpc) is 3.33. The molecule has 0 aliphatic rings. The van der Waals surface area contributed by atoms with E-state index >= 15 is 0 Å². The summed E-state index contributed by atoms with van der Waals surface area (Å²) in [4.78, 5) is 38.0. The minimum absolute atomic E-state index is 0.127. The van der Waals surface area contributed by atoms with Crippen LogP contribution in [-0.2, 0) is 28.6 Å². The number of rotatable bonds is 47. The lowest BCUT2D eigenvalue weighted by atomic mass is 10.1. The number of allylic oxidation sites excluding steroid dienone is 20. The van der Waals surface area contributed by atoms with Gasteiger partial charge in [0.2, 0.25) is 0 Å². The van der Waals surface area contributed by atoms with Crippen molar-refractivity contribution in [1.82, 2.24) is 0 Å². The van der Waals surface area contributed by atoms with E-state index in [2.05, 4.69) is 142 Å². The number of esters is 3. The minimum atomic E-state index is -0.837. The Morgan fingerprint density at radius 2 is 0.597 bits per heavy atom. The molecule has 67 heavy (non-hydrogen) atoms. The summed E-state index contributed by atoms with van der Waals surface area (Å²) in [6.07, 6.45) is 74.8. The van der Waals surface area contributed by atoms with Crippen LogP contribution in [0.3, 0.4) is 0 Å². The third-order valence-corrected chi connectivity index (χ3v) is 10.9. The molecule has 0 N–H and O–H groups in total. The molecule has 6 nitrogen and oxygen atoms in total. The standard InChI is InChI=1S/C61H98O6/c1-4-7-10-13-16-19-22-25-28-30-33-36-39-42-45-48-51-54-60(63)66-57-58(56-65-59(62)53-50-47-44-41-38-35-32-27-24-21-18-15-12-9-6-3)67-61(64)55-52-49-46-43-40-37-34-31-29-26-23-20-17-14-11-8-5-2/h8,11,17-18,20-21,25-29,32-34,36-37,42-43,45-46,58H,4-7,9-10,12-16,19,22-24,30-31,35,38-41,44,47-57H2,1-3H3/b11-8-,20-17-,21-18-,28-25-,29-26-,32-27-,36-33-,37-34-,45-42-,46-43-/t58-/m1/s1. The van der Waals surface area contributed by atoms with E-state index < -0.39 is 6.10 Å². The SMILES string of the molecule is CC/C=C\C/C=C\C/C=C\C/C=C\C/C=C\CCCC(=O)O[C@@H](COC(=O)CCC/C=C\C/C=C\C/C=C\CCCCCCCC)COC(=O)CCCCCCC/C=C\C/C=C\CCCCC. The molecule has 0 amide bonds. The molecular weight excluding hydrogens is 829 g/mol. The zero-order chi connectivity index (χ0) is 48.6. The summed E-state index contributed by atoms with van der Waals surface area (Å²) < 4.78 is 16.7. The maximum atomic E-state index is 12.8. The van der Waals surface area contributed by atoms with E-state index in [0.717, 1.165) is 103 Å². The molecular formula is C61H98O6. The van der Waals surface area contributed by atoms with Crippen LogP contribution in [0.15, 0.2) is 122 Å². The molecule has 0 aliphatic carbocycles. The molecule has 0 bridgehead atoms. The lowest BCUT2D eigenvalue weighted by molar-refractivity contribution is -0.167. The lowest BCUT2D eigenvalue weighted by Gasteiger charge is -2.18. The number of hydrogen-bond donors (Lipinski definition) is 0. The molecule has 0 saturated carbocycles. The fourth-order valence-corrected chi connectivity index (χ4v) is 6.88. The second-order valence-electron chi connectivity index (χ2n) is 17.4. The third kappa shape index (κ3) is 52.6. The first-order valence-electron chi connectivity index (χ1n) is 27.0. The van der Waals surface area contributed by atoms with Crippen LogP contribution in [0.5, 0.6) is 0 Å². The normalized spacial score (nSPS) is 13.1. The van der Waals surface area contributed by atoms with Crippen molar-refractivity contribution in [2.45, 2.75) is 232 Å². The quantitative estimate of drug-likeness (QED) is 0.0262. The summed E-state index contributed by atoms with van der Waals surface area (Å²) >= 11 is 0. The van der Waals surface area contributed by atoms with Crippen molar-refractivity contribution in [2.75, 3.05) is 13.2 Å². The summed E-state index contributed by atoms with van der Waals surface area (Å²) in [6, 6.07) is 0. The van der Waals surface area contributed by atoms with Crippen LogP contribution < -0.4 is 0 Å². The Morgan fingerprint density at radius 1 is 0.313 bits per heavy atom. The molecule has 0 radical (unpaired) electrons.